The topological polar surface area (TPSA) is 37.3 Å². The van der Waals surface area contributed by atoms with Gasteiger partial charge in [-0.15, -0.1) is 0 Å². The molecule has 1 rings (SSSR count). The summed E-state index contributed by atoms with van der Waals surface area (Å²) in [7, 11) is 0. The first-order valence-corrected chi connectivity index (χ1v) is 7.81. The molecular formula is C13H26O2S2. The highest BCUT2D eigenvalue weighted by Gasteiger charge is 2.37. The van der Waals surface area contributed by atoms with Crippen molar-refractivity contribution in [2.24, 2.45) is 5.92 Å². The fraction of sp³-hybridized carbons (Fsp3) is 0.923. The lowest BCUT2D eigenvalue weighted by atomic mass is 9.75. The molecule has 1 N–H and O–H groups in total. The van der Waals surface area contributed by atoms with Crippen molar-refractivity contribution in [3.63, 3.8) is 0 Å². The third-order valence-corrected chi connectivity index (χ3v) is 4.62. The minimum atomic E-state index is -0.567. The highest BCUT2D eigenvalue weighted by Crippen LogP contribution is 2.44. The van der Waals surface area contributed by atoms with E-state index in [1.165, 1.54) is 11.8 Å². The van der Waals surface area contributed by atoms with Crippen LogP contribution in [-0.4, -0.2) is 26.8 Å². The third-order valence-electron chi connectivity index (χ3n) is 3.43. The van der Waals surface area contributed by atoms with Gasteiger partial charge in [-0.2, -0.15) is 12.6 Å². The lowest BCUT2D eigenvalue weighted by Crippen LogP contribution is -2.38. The van der Waals surface area contributed by atoms with E-state index in [2.05, 4.69) is 19.6 Å². The SMILES string of the molecule is CC(=O)SC1(C)CCC(C(C)(C)O)CC1.CS. The van der Waals surface area contributed by atoms with E-state index in [9.17, 15) is 9.90 Å². The predicted molar refractivity (Wildman–Crippen MR) is 79.8 cm³/mol. The minimum Gasteiger partial charge on any atom is -0.390 e. The summed E-state index contributed by atoms with van der Waals surface area (Å²) in [5.74, 6) is 0.387. The van der Waals surface area contributed by atoms with E-state index in [4.69, 9.17) is 0 Å². The Hall–Kier alpha value is 0.330. The van der Waals surface area contributed by atoms with Crippen LogP contribution in [0.1, 0.15) is 53.4 Å². The van der Waals surface area contributed by atoms with Crippen molar-refractivity contribution in [2.75, 3.05) is 6.26 Å². The van der Waals surface area contributed by atoms with E-state index in [0.717, 1.165) is 25.7 Å². The number of hydrogen-bond donors (Lipinski definition) is 2. The molecule has 1 fully saturated rings. The lowest BCUT2D eigenvalue weighted by Gasteiger charge is -2.40. The zero-order chi connectivity index (χ0) is 13.7. The van der Waals surface area contributed by atoms with Gasteiger partial charge < -0.3 is 5.11 Å². The van der Waals surface area contributed by atoms with E-state index < -0.39 is 5.60 Å². The Morgan fingerprint density at radius 3 is 2.06 bits per heavy atom. The maximum atomic E-state index is 11.1. The van der Waals surface area contributed by atoms with Gasteiger partial charge in [0.05, 0.1) is 5.60 Å². The molecule has 102 valence electrons. The molecule has 0 bridgehead atoms. The van der Waals surface area contributed by atoms with Gasteiger partial charge >= 0.3 is 0 Å². The van der Waals surface area contributed by atoms with Crippen molar-refractivity contribution in [1.82, 2.24) is 0 Å². The maximum Gasteiger partial charge on any atom is 0.186 e. The highest BCUT2D eigenvalue weighted by molar-refractivity contribution is 8.14. The summed E-state index contributed by atoms with van der Waals surface area (Å²) in [6.45, 7) is 7.58. The first-order valence-electron chi connectivity index (χ1n) is 6.10. The maximum absolute atomic E-state index is 11.1. The lowest BCUT2D eigenvalue weighted by molar-refractivity contribution is -0.109. The smallest absolute Gasteiger partial charge is 0.186 e. The van der Waals surface area contributed by atoms with Crippen LogP contribution in [0.4, 0.5) is 0 Å². The Balaban J connectivity index is 0.00000121. The van der Waals surface area contributed by atoms with Gasteiger partial charge in [0.1, 0.15) is 0 Å². The number of aliphatic hydroxyl groups is 1. The summed E-state index contributed by atoms with van der Waals surface area (Å²) in [6, 6.07) is 0. The van der Waals surface area contributed by atoms with Crippen molar-refractivity contribution in [2.45, 2.75) is 63.7 Å². The summed E-state index contributed by atoms with van der Waals surface area (Å²) in [6.07, 6.45) is 5.82. The second-order valence-electron chi connectivity index (χ2n) is 5.47. The average Bonchev–Trinajstić information content (AvgIpc) is 2.18. The number of thioether (sulfide) groups is 1. The van der Waals surface area contributed by atoms with Gasteiger partial charge in [-0.25, -0.2) is 0 Å². The number of thiol groups is 1. The molecule has 0 aromatic heterocycles. The Bertz CT molecular complexity index is 238. The van der Waals surface area contributed by atoms with Crippen LogP contribution in [0.15, 0.2) is 0 Å². The van der Waals surface area contributed by atoms with Crippen molar-refractivity contribution >= 4 is 29.5 Å². The van der Waals surface area contributed by atoms with Crippen LogP contribution >= 0.6 is 24.4 Å². The second-order valence-corrected chi connectivity index (χ2v) is 7.24. The van der Waals surface area contributed by atoms with Crippen LogP contribution in [0.5, 0.6) is 0 Å². The number of carbonyl (C=O) groups excluding carboxylic acids is 1. The standard InChI is InChI=1S/C12H22O2S.CH4S/c1-9(13)15-12(4)7-5-10(6-8-12)11(2,3)14;1-2/h10,14H,5-8H2,1-4H3;2H,1H3. The van der Waals surface area contributed by atoms with E-state index in [1.807, 2.05) is 13.8 Å². The molecular weight excluding hydrogens is 252 g/mol. The quantitative estimate of drug-likeness (QED) is 0.759. The van der Waals surface area contributed by atoms with Gasteiger partial charge in [0.25, 0.3) is 0 Å². The molecule has 0 radical (unpaired) electrons. The Labute approximate surface area is 115 Å². The van der Waals surface area contributed by atoms with Crippen LogP contribution in [0.25, 0.3) is 0 Å². The zero-order valence-corrected chi connectivity index (χ0v) is 13.3. The van der Waals surface area contributed by atoms with Crippen LogP contribution in [-0.2, 0) is 4.79 Å². The van der Waals surface area contributed by atoms with E-state index in [-0.39, 0.29) is 9.86 Å². The molecule has 0 aliphatic heterocycles. The predicted octanol–water partition coefficient (Wildman–Crippen LogP) is 3.53. The van der Waals surface area contributed by atoms with Gasteiger partial charge in [0, 0.05) is 11.7 Å². The minimum absolute atomic E-state index is 0.105. The van der Waals surface area contributed by atoms with E-state index >= 15 is 0 Å². The first kappa shape index (κ1) is 17.3. The van der Waals surface area contributed by atoms with Gasteiger partial charge in [-0.05, 0) is 58.6 Å². The van der Waals surface area contributed by atoms with Crippen molar-refractivity contribution in [3.8, 4) is 0 Å². The molecule has 0 spiro atoms. The molecule has 2 nitrogen and oxygen atoms in total. The molecule has 0 heterocycles. The van der Waals surface area contributed by atoms with Crippen LogP contribution in [0.2, 0.25) is 0 Å². The first-order chi connectivity index (χ1) is 7.73. The average molecular weight is 278 g/mol. The largest absolute Gasteiger partial charge is 0.390 e. The molecule has 0 aromatic rings. The Morgan fingerprint density at radius 2 is 1.76 bits per heavy atom. The van der Waals surface area contributed by atoms with Crippen molar-refractivity contribution < 1.29 is 9.90 Å². The normalized spacial score (nSPS) is 29.2. The van der Waals surface area contributed by atoms with Gasteiger partial charge in [0.15, 0.2) is 5.12 Å². The molecule has 0 unspecified atom stereocenters. The van der Waals surface area contributed by atoms with Crippen molar-refractivity contribution in [1.29, 1.82) is 0 Å². The van der Waals surface area contributed by atoms with Crippen LogP contribution in [0.3, 0.4) is 0 Å². The summed E-state index contributed by atoms with van der Waals surface area (Å²) in [4.78, 5) is 11.1. The molecule has 1 aliphatic rings. The molecule has 1 aliphatic carbocycles. The highest BCUT2D eigenvalue weighted by atomic mass is 32.2. The summed E-state index contributed by atoms with van der Waals surface area (Å²) in [5.41, 5.74) is -0.567. The van der Waals surface area contributed by atoms with Crippen LogP contribution < -0.4 is 0 Å². The fourth-order valence-corrected chi connectivity index (χ4v) is 3.52. The molecule has 0 atom stereocenters. The monoisotopic (exact) mass is 278 g/mol. The number of rotatable bonds is 2. The molecule has 17 heavy (non-hydrogen) atoms. The van der Waals surface area contributed by atoms with E-state index in [1.54, 1.807) is 13.2 Å². The molecule has 4 heteroatoms. The molecule has 0 saturated heterocycles. The van der Waals surface area contributed by atoms with Gasteiger partial charge in [-0.3, -0.25) is 4.79 Å². The summed E-state index contributed by atoms with van der Waals surface area (Å²) < 4.78 is 0.105. The molecule has 0 aromatic carbocycles. The second kappa shape index (κ2) is 7.05. The summed E-state index contributed by atoms with van der Waals surface area (Å²) in [5, 5.41) is 10.1. The van der Waals surface area contributed by atoms with E-state index in [0.29, 0.717) is 5.92 Å². The zero-order valence-electron chi connectivity index (χ0n) is 11.6. The molecule has 0 amide bonds. The molecule has 1 saturated carbocycles. The fourth-order valence-electron chi connectivity index (χ4n) is 2.38. The number of carbonyl (C=O) groups is 1. The van der Waals surface area contributed by atoms with Gasteiger partial charge in [-0.1, -0.05) is 11.8 Å². The van der Waals surface area contributed by atoms with Crippen molar-refractivity contribution in [3.05, 3.63) is 0 Å². The third kappa shape index (κ3) is 6.16. The van der Waals surface area contributed by atoms with Gasteiger partial charge in [0.2, 0.25) is 0 Å². The Morgan fingerprint density at radius 1 is 1.35 bits per heavy atom. The number of hydrogen-bond acceptors (Lipinski definition) is 4. The summed E-state index contributed by atoms with van der Waals surface area (Å²) >= 11 is 5.00. The van der Waals surface area contributed by atoms with Crippen LogP contribution in [0, 0.1) is 5.92 Å². The Kier molecular flexibility index (Phi) is 7.19.